The maximum Gasteiger partial charge on any atom is 0.255 e. The molecule has 0 saturated heterocycles. The lowest BCUT2D eigenvalue weighted by Gasteiger charge is -2.10. The van der Waals surface area contributed by atoms with Gasteiger partial charge in [0.1, 0.15) is 0 Å². The van der Waals surface area contributed by atoms with E-state index in [-0.39, 0.29) is 5.91 Å². The molecule has 7 nitrogen and oxygen atoms in total. The molecule has 0 aliphatic heterocycles. The fourth-order valence-electron chi connectivity index (χ4n) is 1.65. The summed E-state index contributed by atoms with van der Waals surface area (Å²) in [6.07, 6.45) is 6.57. The number of rotatable bonds is 6. The smallest absolute Gasteiger partial charge is 0.255 e. The first-order valence-corrected chi connectivity index (χ1v) is 6.11. The van der Waals surface area contributed by atoms with Gasteiger partial charge in [-0.15, -0.1) is 5.10 Å². The lowest BCUT2D eigenvalue weighted by molar-refractivity contribution is 0.0952. The van der Waals surface area contributed by atoms with E-state index in [2.05, 4.69) is 25.9 Å². The predicted octanol–water partition coefficient (Wildman–Crippen LogP) is 0.535. The van der Waals surface area contributed by atoms with Crippen LogP contribution in [0.25, 0.3) is 0 Å². The summed E-state index contributed by atoms with van der Waals surface area (Å²) >= 11 is 0. The van der Waals surface area contributed by atoms with Crippen molar-refractivity contribution in [2.24, 2.45) is 0 Å². The molecule has 2 N–H and O–H groups in total. The molecule has 0 unspecified atom stereocenters. The topological polar surface area (TPSA) is 84.7 Å². The average Bonchev–Trinajstić information content (AvgIpc) is 2.93. The van der Waals surface area contributed by atoms with E-state index in [1.54, 1.807) is 35.5 Å². The van der Waals surface area contributed by atoms with Crippen LogP contribution in [0.5, 0.6) is 0 Å². The maximum atomic E-state index is 12.0. The van der Waals surface area contributed by atoms with E-state index in [0.717, 1.165) is 12.2 Å². The highest BCUT2D eigenvalue weighted by molar-refractivity contribution is 5.99. The molecule has 2 aromatic rings. The van der Waals surface area contributed by atoms with E-state index in [9.17, 15) is 4.79 Å². The highest BCUT2D eigenvalue weighted by Crippen LogP contribution is 2.12. The molecule has 19 heavy (non-hydrogen) atoms. The summed E-state index contributed by atoms with van der Waals surface area (Å²) in [7, 11) is 0. The number of hydrogen-bond donors (Lipinski definition) is 2. The van der Waals surface area contributed by atoms with Crippen molar-refractivity contribution in [1.82, 2.24) is 25.3 Å². The Morgan fingerprint density at radius 2 is 2.32 bits per heavy atom. The molecule has 0 aromatic carbocycles. The van der Waals surface area contributed by atoms with Gasteiger partial charge in [0.2, 0.25) is 0 Å². The quantitative estimate of drug-likeness (QED) is 0.791. The molecular formula is C12H16N6O. The lowest BCUT2D eigenvalue weighted by Crippen LogP contribution is -2.28. The number of nitrogens with zero attached hydrogens (tertiary/aromatic N) is 4. The number of carbonyl (C=O) groups is 1. The third-order valence-corrected chi connectivity index (χ3v) is 2.53. The Morgan fingerprint density at radius 1 is 1.42 bits per heavy atom. The Hall–Kier alpha value is -2.44. The normalized spacial score (nSPS) is 10.2. The zero-order chi connectivity index (χ0) is 13.5. The third kappa shape index (κ3) is 3.51. The number of aromatic nitrogens is 4. The fourth-order valence-corrected chi connectivity index (χ4v) is 1.65. The van der Waals surface area contributed by atoms with Crippen LogP contribution >= 0.6 is 0 Å². The highest BCUT2D eigenvalue weighted by Gasteiger charge is 2.10. The molecule has 0 radical (unpaired) electrons. The Labute approximate surface area is 111 Å². The first-order valence-electron chi connectivity index (χ1n) is 6.11. The molecule has 100 valence electrons. The predicted molar refractivity (Wildman–Crippen MR) is 70.8 cm³/mol. The van der Waals surface area contributed by atoms with Crippen molar-refractivity contribution >= 4 is 11.6 Å². The van der Waals surface area contributed by atoms with Gasteiger partial charge in [0.05, 0.1) is 24.0 Å². The minimum atomic E-state index is -0.149. The summed E-state index contributed by atoms with van der Waals surface area (Å²) in [4.78, 5) is 16.0. The van der Waals surface area contributed by atoms with Crippen molar-refractivity contribution in [3.8, 4) is 0 Å². The van der Waals surface area contributed by atoms with Gasteiger partial charge >= 0.3 is 0 Å². The molecule has 0 spiro atoms. The SMILES string of the molecule is CCNc1ccncc1C(=O)NCCn1ccnn1. The minimum absolute atomic E-state index is 0.149. The monoisotopic (exact) mass is 260 g/mol. The largest absolute Gasteiger partial charge is 0.385 e. The van der Waals surface area contributed by atoms with Gasteiger partial charge in [-0.05, 0) is 13.0 Å². The lowest BCUT2D eigenvalue weighted by atomic mass is 10.2. The summed E-state index contributed by atoms with van der Waals surface area (Å²) in [5.74, 6) is -0.149. The number of pyridine rings is 1. The number of hydrogen-bond acceptors (Lipinski definition) is 5. The molecule has 0 aliphatic rings. The zero-order valence-electron chi connectivity index (χ0n) is 10.7. The van der Waals surface area contributed by atoms with Crippen LogP contribution in [0.1, 0.15) is 17.3 Å². The molecule has 0 saturated carbocycles. The van der Waals surface area contributed by atoms with Crippen molar-refractivity contribution in [2.45, 2.75) is 13.5 Å². The first kappa shape index (κ1) is 13.0. The number of carbonyl (C=O) groups excluding carboxylic acids is 1. The fraction of sp³-hybridized carbons (Fsp3) is 0.333. The molecule has 7 heteroatoms. The summed E-state index contributed by atoms with van der Waals surface area (Å²) in [6, 6.07) is 1.79. The summed E-state index contributed by atoms with van der Waals surface area (Å²) in [5.41, 5.74) is 1.33. The van der Waals surface area contributed by atoms with Crippen LogP contribution in [0.15, 0.2) is 30.9 Å². The Balaban J connectivity index is 1.92. The van der Waals surface area contributed by atoms with Crippen LogP contribution < -0.4 is 10.6 Å². The molecule has 0 fully saturated rings. The van der Waals surface area contributed by atoms with E-state index in [1.165, 1.54) is 0 Å². The first-order chi connectivity index (χ1) is 9.31. The maximum absolute atomic E-state index is 12.0. The van der Waals surface area contributed by atoms with E-state index < -0.39 is 0 Å². The van der Waals surface area contributed by atoms with Crippen molar-refractivity contribution < 1.29 is 4.79 Å². The number of nitrogens with one attached hydrogen (secondary N) is 2. The molecule has 0 bridgehead atoms. The minimum Gasteiger partial charge on any atom is -0.385 e. The standard InChI is InChI=1S/C12H16N6O/c1-2-14-11-3-4-13-9-10(11)12(19)15-5-7-18-8-6-16-17-18/h3-4,6,8-9H,2,5,7H2,1H3,(H,13,14)(H,15,19). The highest BCUT2D eigenvalue weighted by atomic mass is 16.1. The summed E-state index contributed by atoms with van der Waals surface area (Å²) in [5, 5.41) is 13.5. The van der Waals surface area contributed by atoms with E-state index >= 15 is 0 Å². The van der Waals surface area contributed by atoms with E-state index in [4.69, 9.17) is 0 Å². The Bertz CT molecular complexity index is 525. The van der Waals surface area contributed by atoms with Crippen LogP contribution in [0.3, 0.4) is 0 Å². The van der Waals surface area contributed by atoms with Gasteiger partial charge in [-0.1, -0.05) is 5.21 Å². The van der Waals surface area contributed by atoms with Gasteiger partial charge in [-0.3, -0.25) is 14.5 Å². The molecule has 2 rings (SSSR count). The number of anilines is 1. The average molecular weight is 260 g/mol. The molecule has 1 amide bonds. The van der Waals surface area contributed by atoms with E-state index in [1.807, 2.05) is 6.92 Å². The van der Waals surface area contributed by atoms with Gasteiger partial charge in [0.15, 0.2) is 0 Å². The Kier molecular flexibility index (Phi) is 4.44. The van der Waals surface area contributed by atoms with Gasteiger partial charge in [0, 0.05) is 31.7 Å². The van der Waals surface area contributed by atoms with E-state index in [0.29, 0.717) is 18.7 Å². The third-order valence-electron chi connectivity index (χ3n) is 2.53. The van der Waals surface area contributed by atoms with Crippen LogP contribution in [0, 0.1) is 0 Å². The Morgan fingerprint density at radius 3 is 3.05 bits per heavy atom. The molecule has 0 aliphatic carbocycles. The van der Waals surface area contributed by atoms with Crippen LogP contribution in [-0.2, 0) is 6.54 Å². The molecular weight excluding hydrogens is 244 g/mol. The molecule has 2 aromatic heterocycles. The van der Waals surface area contributed by atoms with Crippen molar-refractivity contribution in [1.29, 1.82) is 0 Å². The van der Waals surface area contributed by atoms with Crippen LogP contribution in [0.4, 0.5) is 5.69 Å². The van der Waals surface area contributed by atoms with Gasteiger partial charge in [0.25, 0.3) is 5.91 Å². The number of amides is 1. The molecule has 2 heterocycles. The van der Waals surface area contributed by atoms with Crippen LogP contribution in [-0.4, -0.2) is 39.0 Å². The second kappa shape index (κ2) is 6.48. The van der Waals surface area contributed by atoms with Gasteiger partial charge in [-0.25, -0.2) is 0 Å². The van der Waals surface area contributed by atoms with Crippen LogP contribution in [0.2, 0.25) is 0 Å². The van der Waals surface area contributed by atoms with Crippen molar-refractivity contribution in [3.63, 3.8) is 0 Å². The second-order valence-electron chi connectivity index (χ2n) is 3.87. The molecule has 0 atom stereocenters. The summed E-state index contributed by atoms with van der Waals surface area (Å²) < 4.78 is 1.66. The van der Waals surface area contributed by atoms with Gasteiger partial charge < -0.3 is 10.6 Å². The zero-order valence-corrected chi connectivity index (χ0v) is 10.7. The second-order valence-corrected chi connectivity index (χ2v) is 3.87. The van der Waals surface area contributed by atoms with Crippen molar-refractivity contribution in [3.05, 3.63) is 36.4 Å². The summed E-state index contributed by atoms with van der Waals surface area (Å²) in [6.45, 7) is 3.81. The van der Waals surface area contributed by atoms with Gasteiger partial charge in [-0.2, -0.15) is 0 Å². The van der Waals surface area contributed by atoms with Crippen molar-refractivity contribution in [2.75, 3.05) is 18.4 Å².